The van der Waals surface area contributed by atoms with Crippen molar-refractivity contribution in [3.8, 4) is 0 Å². The van der Waals surface area contributed by atoms with Gasteiger partial charge in [0.2, 0.25) is 0 Å². The van der Waals surface area contributed by atoms with Crippen LogP contribution in [0.2, 0.25) is 5.02 Å². The van der Waals surface area contributed by atoms with E-state index in [0.717, 1.165) is 24.3 Å². The fraction of sp³-hybridized carbons (Fsp3) is 0.500. The molecule has 0 amide bonds. The first-order valence-electron chi connectivity index (χ1n) is 6.29. The van der Waals surface area contributed by atoms with E-state index in [1.54, 1.807) is 6.92 Å². The van der Waals surface area contributed by atoms with Crippen LogP contribution in [-0.4, -0.2) is 18.1 Å². The third-order valence-corrected chi connectivity index (χ3v) is 3.64. The van der Waals surface area contributed by atoms with Gasteiger partial charge in [-0.15, -0.1) is 0 Å². The van der Waals surface area contributed by atoms with Gasteiger partial charge in [0, 0.05) is 10.9 Å². The first-order chi connectivity index (χ1) is 8.58. The molecule has 1 aliphatic rings. The second-order valence-electron chi connectivity index (χ2n) is 4.85. The molecular weight excluding hydrogens is 250 g/mol. The number of nitrogens with two attached hydrogens (primary N) is 1. The summed E-state index contributed by atoms with van der Waals surface area (Å²) in [5.74, 6) is -0.0502. The first-order valence-corrected chi connectivity index (χ1v) is 6.67. The van der Waals surface area contributed by atoms with Gasteiger partial charge in [0.05, 0.1) is 0 Å². The number of carbonyl (C=O) groups is 1. The van der Waals surface area contributed by atoms with Crippen molar-refractivity contribution >= 4 is 17.6 Å². The number of rotatable bonds is 3. The summed E-state index contributed by atoms with van der Waals surface area (Å²) in [5.41, 5.74) is 6.71. The molecule has 18 heavy (non-hydrogen) atoms. The van der Waals surface area contributed by atoms with Crippen molar-refractivity contribution in [3.05, 3.63) is 34.9 Å². The Morgan fingerprint density at radius 1 is 1.39 bits per heavy atom. The van der Waals surface area contributed by atoms with Crippen LogP contribution < -0.4 is 5.73 Å². The molecule has 0 radical (unpaired) electrons. The van der Waals surface area contributed by atoms with Gasteiger partial charge in [0.1, 0.15) is 12.1 Å². The molecule has 1 aromatic carbocycles. The molecule has 3 nitrogen and oxygen atoms in total. The smallest absolute Gasteiger partial charge is 0.322 e. The summed E-state index contributed by atoms with van der Waals surface area (Å²) in [5, 5.41) is 0.723. The summed E-state index contributed by atoms with van der Waals surface area (Å²) in [6.45, 7) is 1.65. The van der Waals surface area contributed by atoms with Gasteiger partial charge in [-0.2, -0.15) is 0 Å². The fourth-order valence-corrected chi connectivity index (χ4v) is 2.54. The Kier molecular flexibility index (Phi) is 4.25. The van der Waals surface area contributed by atoms with Crippen LogP contribution in [-0.2, 0) is 9.53 Å². The summed E-state index contributed by atoms with van der Waals surface area (Å²) in [4.78, 5) is 11.6. The van der Waals surface area contributed by atoms with Gasteiger partial charge in [-0.25, -0.2) is 0 Å². The highest BCUT2D eigenvalue weighted by atomic mass is 35.5. The number of esters is 1. The average molecular weight is 268 g/mol. The van der Waals surface area contributed by atoms with Gasteiger partial charge in [-0.1, -0.05) is 23.7 Å². The van der Waals surface area contributed by atoms with Crippen molar-refractivity contribution in [2.24, 2.45) is 5.73 Å². The van der Waals surface area contributed by atoms with Crippen LogP contribution in [0.1, 0.15) is 37.7 Å². The number of benzene rings is 1. The molecule has 1 fully saturated rings. The Morgan fingerprint density at radius 2 is 2.06 bits per heavy atom. The van der Waals surface area contributed by atoms with Crippen LogP contribution in [0.4, 0.5) is 0 Å². The minimum absolute atomic E-state index is 0.0512. The summed E-state index contributed by atoms with van der Waals surface area (Å²) in [6, 6.07) is 7.20. The minimum Gasteiger partial charge on any atom is -0.461 e. The summed E-state index contributed by atoms with van der Waals surface area (Å²) in [6.07, 6.45) is 2.97. The topological polar surface area (TPSA) is 52.3 Å². The van der Waals surface area contributed by atoms with Gasteiger partial charge in [0.25, 0.3) is 0 Å². The zero-order chi connectivity index (χ0) is 13.1. The predicted molar refractivity (Wildman–Crippen MR) is 71.6 cm³/mol. The maximum Gasteiger partial charge on any atom is 0.322 e. The van der Waals surface area contributed by atoms with Gasteiger partial charge in [-0.3, -0.25) is 4.79 Å². The van der Waals surface area contributed by atoms with Crippen LogP contribution in [0.15, 0.2) is 24.3 Å². The molecule has 1 aliphatic carbocycles. The normalized spacial score (nSPS) is 24.8. The molecule has 0 saturated heterocycles. The fourth-order valence-electron chi connectivity index (χ4n) is 2.41. The lowest BCUT2D eigenvalue weighted by atomic mass is 9.96. The van der Waals surface area contributed by atoms with Gasteiger partial charge >= 0.3 is 5.97 Å². The third kappa shape index (κ3) is 3.03. The van der Waals surface area contributed by atoms with E-state index in [-0.39, 0.29) is 18.0 Å². The molecule has 0 bridgehead atoms. The third-order valence-electron chi connectivity index (χ3n) is 3.39. The molecule has 0 spiro atoms. The van der Waals surface area contributed by atoms with Crippen molar-refractivity contribution < 1.29 is 9.53 Å². The molecule has 1 saturated carbocycles. The van der Waals surface area contributed by atoms with Crippen molar-refractivity contribution in [2.45, 2.75) is 44.2 Å². The first kappa shape index (κ1) is 13.4. The van der Waals surface area contributed by atoms with E-state index >= 15 is 0 Å². The maximum atomic E-state index is 11.6. The number of ether oxygens (including phenoxy) is 1. The molecule has 1 aromatic rings. The standard InChI is InChI=1S/C14H18ClNO2/c1-9(16)14(17)18-13-4-2-3-12(13)10-5-7-11(15)8-6-10/h5-9,12-13H,2-4,16H2,1H3/t9-,12+,13-/m0/s1. The Balaban J connectivity index is 2.07. The Morgan fingerprint density at radius 3 is 2.67 bits per heavy atom. The predicted octanol–water partition coefficient (Wildman–Crippen LogP) is 2.87. The van der Waals surface area contributed by atoms with Crippen molar-refractivity contribution in [3.63, 3.8) is 0 Å². The summed E-state index contributed by atoms with van der Waals surface area (Å²) >= 11 is 5.88. The summed E-state index contributed by atoms with van der Waals surface area (Å²) < 4.78 is 5.47. The summed E-state index contributed by atoms with van der Waals surface area (Å²) in [7, 11) is 0. The Labute approximate surface area is 112 Å². The highest BCUT2D eigenvalue weighted by molar-refractivity contribution is 6.30. The van der Waals surface area contributed by atoms with Crippen LogP contribution in [0.3, 0.4) is 0 Å². The van der Waals surface area contributed by atoms with Crippen molar-refractivity contribution in [1.29, 1.82) is 0 Å². The highest BCUT2D eigenvalue weighted by Gasteiger charge is 2.32. The van der Waals surface area contributed by atoms with Crippen LogP contribution in [0.5, 0.6) is 0 Å². The lowest BCUT2D eigenvalue weighted by Gasteiger charge is -2.21. The number of hydrogen-bond donors (Lipinski definition) is 1. The maximum absolute atomic E-state index is 11.6. The van der Waals surface area contributed by atoms with E-state index in [0.29, 0.717) is 0 Å². The SMILES string of the molecule is C[C@H](N)C(=O)O[C@H]1CCC[C@@H]1c1ccc(Cl)cc1. The van der Waals surface area contributed by atoms with Crippen LogP contribution >= 0.6 is 11.6 Å². The molecule has 0 heterocycles. The molecule has 0 aliphatic heterocycles. The molecule has 0 aromatic heterocycles. The van der Waals surface area contributed by atoms with E-state index in [1.807, 2.05) is 24.3 Å². The van der Waals surface area contributed by atoms with Crippen LogP contribution in [0.25, 0.3) is 0 Å². The lowest BCUT2D eigenvalue weighted by molar-refractivity contribution is -0.150. The molecule has 4 heteroatoms. The van der Waals surface area contributed by atoms with Crippen molar-refractivity contribution in [1.82, 2.24) is 0 Å². The zero-order valence-electron chi connectivity index (χ0n) is 10.4. The Bertz CT molecular complexity index is 416. The van der Waals surface area contributed by atoms with Gasteiger partial charge in [-0.05, 0) is 43.9 Å². The monoisotopic (exact) mass is 267 g/mol. The van der Waals surface area contributed by atoms with E-state index in [2.05, 4.69) is 0 Å². The average Bonchev–Trinajstić information content (AvgIpc) is 2.78. The largest absolute Gasteiger partial charge is 0.461 e. The number of hydrogen-bond acceptors (Lipinski definition) is 3. The Hall–Kier alpha value is -1.06. The lowest BCUT2D eigenvalue weighted by Crippen LogP contribution is -2.33. The molecule has 3 atom stereocenters. The van der Waals surface area contributed by atoms with Crippen molar-refractivity contribution in [2.75, 3.05) is 0 Å². The second-order valence-corrected chi connectivity index (χ2v) is 5.29. The van der Waals surface area contributed by atoms with Gasteiger partial charge < -0.3 is 10.5 Å². The quantitative estimate of drug-likeness (QED) is 0.857. The van der Waals surface area contributed by atoms with E-state index in [9.17, 15) is 4.79 Å². The van der Waals surface area contributed by atoms with E-state index in [1.165, 1.54) is 5.56 Å². The molecule has 2 N–H and O–H groups in total. The van der Waals surface area contributed by atoms with Crippen LogP contribution in [0, 0.1) is 0 Å². The minimum atomic E-state index is -0.559. The number of halogens is 1. The molecule has 2 rings (SSSR count). The van der Waals surface area contributed by atoms with E-state index in [4.69, 9.17) is 22.1 Å². The molecular formula is C14H18ClNO2. The molecule has 98 valence electrons. The van der Waals surface area contributed by atoms with Gasteiger partial charge in [0.15, 0.2) is 0 Å². The molecule has 0 unspecified atom stereocenters. The highest BCUT2D eigenvalue weighted by Crippen LogP contribution is 2.37. The number of carbonyl (C=O) groups excluding carboxylic acids is 1. The zero-order valence-corrected chi connectivity index (χ0v) is 11.2. The second kappa shape index (κ2) is 5.72. The van der Waals surface area contributed by atoms with E-state index < -0.39 is 6.04 Å².